The Hall–Kier alpha value is -1.64. The Labute approximate surface area is 153 Å². The van der Waals surface area contributed by atoms with Crippen molar-refractivity contribution in [3.05, 3.63) is 71.8 Å². The van der Waals surface area contributed by atoms with Crippen LogP contribution in [0.2, 0.25) is 0 Å². The van der Waals surface area contributed by atoms with Crippen molar-refractivity contribution >= 4 is 0 Å². The molecular weight excluding hydrogens is 308 g/mol. The molecule has 25 heavy (non-hydrogen) atoms. The van der Waals surface area contributed by atoms with Gasteiger partial charge in [0.25, 0.3) is 0 Å². The maximum atomic E-state index is 5.80. The fraction of sp³-hybridized carbons (Fsp3) is 0.478. The van der Waals surface area contributed by atoms with Crippen molar-refractivity contribution in [1.29, 1.82) is 0 Å². The second-order valence-electron chi connectivity index (χ2n) is 7.93. The van der Waals surface area contributed by atoms with E-state index in [-0.39, 0.29) is 16.2 Å². The van der Waals surface area contributed by atoms with Gasteiger partial charge in [0.15, 0.2) is 0 Å². The van der Waals surface area contributed by atoms with E-state index in [0.29, 0.717) is 13.2 Å². The Bertz CT molecular complexity index is 585. The zero-order chi connectivity index (χ0) is 18.6. The van der Waals surface area contributed by atoms with Crippen molar-refractivity contribution in [2.45, 2.75) is 38.5 Å². The minimum atomic E-state index is -0.244. The van der Waals surface area contributed by atoms with Crippen LogP contribution in [-0.4, -0.2) is 27.4 Å². The highest BCUT2D eigenvalue weighted by Gasteiger charge is 2.56. The second kappa shape index (κ2) is 7.72. The van der Waals surface area contributed by atoms with Gasteiger partial charge in [0.05, 0.1) is 13.2 Å². The Morgan fingerprint density at radius 1 is 0.600 bits per heavy atom. The zero-order valence-corrected chi connectivity index (χ0v) is 16.5. The first-order chi connectivity index (χ1) is 11.8. The summed E-state index contributed by atoms with van der Waals surface area (Å²) in [6.45, 7) is 10.5. The van der Waals surface area contributed by atoms with E-state index in [1.165, 1.54) is 11.1 Å². The third-order valence-corrected chi connectivity index (χ3v) is 6.17. The minimum absolute atomic E-state index is 0.153. The molecule has 0 spiro atoms. The number of ether oxygens (including phenoxy) is 2. The molecule has 2 heteroatoms. The minimum Gasteiger partial charge on any atom is -0.384 e. The molecule has 0 N–H and O–H groups in total. The number of hydrogen-bond donors (Lipinski definition) is 0. The fourth-order valence-corrected chi connectivity index (χ4v) is 4.30. The van der Waals surface area contributed by atoms with Crippen LogP contribution in [0.4, 0.5) is 0 Å². The number of benzene rings is 2. The predicted octanol–water partition coefficient (Wildman–Crippen LogP) is 5.22. The summed E-state index contributed by atoms with van der Waals surface area (Å²) in [7, 11) is 3.57. The van der Waals surface area contributed by atoms with Crippen molar-refractivity contribution < 1.29 is 9.47 Å². The highest BCUT2D eigenvalue weighted by atomic mass is 16.5. The molecule has 0 radical (unpaired) electrons. The van der Waals surface area contributed by atoms with Crippen molar-refractivity contribution in [3.8, 4) is 0 Å². The standard InChI is InChI=1S/C23H32O2/c1-21(2,19-13-9-7-10-14-19)23(17-24-5,18-25-6)22(3,4)20-15-11-8-12-16-20/h7-16H,17-18H2,1-6H3. The van der Waals surface area contributed by atoms with Gasteiger partial charge in [0.2, 0.25) is 0 Å². The van der Waals surface area contributed by atoms with Gasteiger partial charge in [-0.25, -0.2) is 0 Å². The smallest absolute Gasteiger partial charge is 0.0557 e. The van der Waals surface area contributed by atoms with Gasteiger partial charge in [-0.1, -0.05) is 88.4 Å². The molecule has 136 valence electrons. The molecule has 0 aliphatic carbocycles. The molecule has 0 saturated carbocycles. The maximum absolute atomic E-state index is 5.80. The summed E-state index contributed by atoms with van der Waals surface area (Å²) in [5.41, 5.74) is 2.05. The molecule has 2 nitrogen and oxygen atoms in total. The number of hydrogen-bond acceptors (Lipinski definition) is 2. The quantitative estimate of drug-likeness (QED) is 0.656. The Morgan fingerprint density at radius 3 is 1.20 bits per heavy atom. The van der Waals surface area contributed by atoms with Crippen molar-refractivity contribution in [2.75, 3.05) is 27.4 Å². The third kappa shape index (κ3) is 3.38. The largest absolute Gasteiger partial charge is 0.384 e. The lowest BCUT2D eigenvalue weighted by atomic mass is 9.49. The normalized spacial score (nSPS) is 13.0. The molecule has 0 fully saturated rings. The summed E-state index contributed by atoms with van der Waals surface area (Å²) in [5, 5.41) is 0. The molecular formula is C23H32O2. The predicted molar refractivity (Wildman–Crippen MR) is 105 cm³/mol. The van der Waals surface area contributed by atoms with Gasteiger partial charge in [-0.2, -0.15) is 0 Å². The molecule has 0 aliphatic rings. The molecule has 0 saturated heterocycles. The molecule has 0 heterocycles. The van der Waals surface area contributed by atoms with E-state index in [2.05, 4.69) is 88.4 Å². The summed E-state index contributed by atoms with van der Waals surface area (Å²) in [6, 6.07) is 21.4. The zero-order valence-electron chi connectivity index (χ0n) is 16.5. The maximum Gasteiger partial charge on any atom is 0.0557 e. The van der Waals surface area contributed by atoms with E-state index in [4.69, 9.17) is 9.47 Å². The first kappa shape index (κ1) is 19.7. The summed E-state index contributed by atoms with van der Waals surface area (Å²) >= 11 is 0. The highest BCUT2D eigenvalue weighted by molar-refractivity contribution is 5.35. The van der Waals surface area contributed by atoms with Crippen molar-refractivity contribution in [2.24, 2.45) is 5.41 Å². The second-order valence-corrected chi connectivity index (χ2v) is 7.93. The van der Waals surface area contributed by atoms with Crippen LogP contribution in [-0.2, 0) is 20.3 Å². The van der Waals surface area contributed by atoms with E-state index < -0.39 is 0 Å². The molecule has 2 rings (SSSR count). The van der Waals surface area contributed by atoms with E-state index in [1.807, 2.05) is 0 Å². The first-order valence-corrected chi connectivity index (χ1v) is 8.92. The lowest BCUT2D eigenvalue weighted by molar-refractivity contribution is -0.0816. The molecule has 0 unspecified atom stereocenters. The van der Waals surface area contributed by atoms with Crippen LogP contribution in [0.15, 0.2) is 60.7 Å². The lowest BCUT2D eigenvalue weighted by Gasteiger charge is -2.56. The van der Waals surface area contributed by atoms with Crippen LogP contribution in [0, 0.1) is 5.41 Å². The Kier molecular flexibility index (Phi) is 6.08. The van der Waals surface area contributed by atoms with E-state index in [1.54, 1.807) is 14.2 Å². The van der Waals surface area contributed by atoms with Gasteiger partial charge in [0, 0.05) is 30.5 Å². The van der Waals surface area contributed by atoms with Crippen LogP contribution in [0.3, 0.4) is 0 Å². The fourth-order valence-electron chi connectivity index (χ4n) is 4.30. The Balaban J connectivity index is 2.69. The van der Waals surface area contributed by atoms with Crippen LogP contribution >= 0.6 is 0 Å². The highest BCUT2D eigenvalue weighted by Crippen LogP contribution is 2.54. The van der Waals surface area contributed by atoms with Gasteiger partial charge in [-0.05, 0) is 11.1 Å². The van der Waals surface area contributed by atoms with Crippen molar-refractivity contribution in [1.82, 2.24) is 0 Å². The van der Waals surface area contributed by atoms with Crippen LogP contribution in [0.25, 0.3) is 0 Å². The van der Waals surface area contributed by atoms with Crippen molar-refractivity contribution in [3.63, 3.8) is 0 Å². The molecule has 0 atom stereocenters. The number of rotatable bonds is 8. The third-order valence-electron chi connectivity index (χ3n) is 6.17. The average Bonchev–Trinajstić information content (AvgIpc) is 2.62. The SMILES string of the molecule is COCC(COC)(C(C)(C)c1ccccc1)C(C)(C)c1ccccc1. The van der Waals surface area contributed by atoms with Gasteiger partial charge in [-0.15, -0.1) is 0 Å². The summed E-state index contributed by atoms with van der Waals surface area (Å²) in [5.74, 6) is 0. The first-order valence-electron chi connectivity index (χ1n) is 8.92. The lowest BCUT2D eigenvalue weighted by Crippen LogP contribution is -2.59. The molecule has 0 aromatic heterocycles. The van der Waals surface area contributed by atoms with Crippen LogP contribution < -0.4 is 0 Å². The van der Waals surface area contributed by atoms with Gasteiger partial charge < -0.3 is 9.47 Å². The van der Waals surface area contributed by atoms with Gasteiger partial charge >= 0.3 is 0 Å². The monoisotopic (exact) mass is 340 g/mol. The van der Waals surface area contributed by atoms with E-state index in [9.17, 15) is 0 Å². The van der Waals surface area contributed by atoms with E-state index >= 15 is 0 Å². The molecule has 2 aromatic rings. The van der Waals surface area contributed by atoms with Crippen LogP contribution in [0.5, 0.6) is 0 Å². The molecule has 0 bridgehead atoms. The number of methoxy groups -OCH3 is 2. The average molecular weight is 341 g/mol. The molecule has 2 aromatic carbocycles. The van der Waals surface area contributed by atoms with Crippen LogP contribution in [0.1, 0.15) is 38.8 Å². The summed E-state index contributed by atoms with van der Waals surface area (Å²) in [4.78, 5) is 0. The molecule has 0 aliphatic heterocycles. The Morgan fingerprint density at radius 2 is 0.920 bits per heavy atom. The van der Waals surface area contributed by atoms with Gasteiger partial charge in [-0.3, -0.25) is 0 Å². The topological polar surface area (TPSA) is 18.5 Å². The van der Waals surface area contributed by atoms with E-state index in [0.717, 1.165) is 0 Å². The summed E-state index contributed by atoms with van der Waals surface area (Å²) in [6.07, 6.45) is 0. The molecule has 0 amide bonds. The van der Waals surface area contributed by atoms with Gasteiger partial charge in [0.1, 0.15) is 0 Å². The summed E-state index contributed by atoms with van der Waals surface area (Å²) < 4.78 is 11.6.